The second-order valence-corrected chi connectivity index (χ2v) is 2.80. The van der Waals surface area contributed by atoms with Crippen molar-refractivity contribution in [2.24, 2.45) is 0 Å². The first kappa shape index (κ1) is 8.45. The Morgan fingerprint density at radius 2 is 2.18 bits per heavy atom. The van der Waals surface area contributed by atoms with Gasteiger partial charge in [-0.3, -0.25) is 0 Å². The van der Waals surface area contributed by atoms with Crippen molar-refractivity contribution in [2.75, 3.05) is 20.0 Å². The van der Waals surface area contributed by atoms with E-state index >= 15 is 0 Å². The van der Waals surface area contributed by atoms with E-state index < -0.39 is 6.29 Å². The Balaban J connectivity index is 2.73. The van der Waals surface area contributed by atoms with Gasteiger partial charge in [-0.25, -0.2) is 4.98 Å². The van der Waals surface area contributed by atoms with Gasteiger partial charge < -0.3 is 15.2 Å². The summed E-state index contributed by atoms with van der Waals surface area (Å²) in [7, 11) is 3.12. The Bertz CT molecular complexity index is 222. The standard InChI is InChI=1S/C6H10N2O2S/c1-9-5(10-2)4-3-11-6(7)8-4/h3,5H,1-2H3,(H2,7,8). The van der Waals surface area contributed by atoms with Crippen LogP contribution in [0.1, 0.15) is 12.0 Å². The lowest BCUT2D eigenvalue weighted by atomic mass is 10.5. The lowest BCUT2D eigenvalue weighted by Gasteiger charge is -2.08. The molecule has 0 atom stereocenters. The third-order valence-corrected chi connectivity index (χ3v) is 1.90. The summed E-state index contributed by atoms with van der Waals surface area (Å²) in [5.41, 5.74) is 6.14. The van der Waals surface area contributed by atoms with Gasteiger partial charge in [-0.1, -0.05) is 0 Å². The fourth-order valence-electron chi connectivity index (χ4n) is 0.747. The van der Waals surface area contributed by atoms with Crippen molar-refractivity contribution in [3.8, 4) is 0 Å². The van der Waals surface area contributed by atoms with Gasteiger partial charge in [0, 0.05) is 19.6 Å². The minimum absolute atomic E-state index is 0.399. The molecule has 1 rings (SSSR count). The van der Waals surface area contributed by atoms with Gasteiger partial charge in [0.25, 0.3) is 0 Å². The van der Waals surface area contributed by atoms with Crippen LogP contribution in [-0.2, 0) is 9.47 Å². The van der Waals surface area contributed by atoms with Crippen molar-refractivity contribution in [3.05, 3.63) is 11.1 Å². The normalized spacial score (nSPS) is 10.8. The van der Waals surface area contributed by atoms with Crippen molar-refractivity contribution in [1.29, 1.82) is 0 Å². The van der Waals surface area contributed by atoms with Crippen molar-refractivity contribution in [2.45, 2.75) is 6.29 Å². The molecule has 1 aromatic heterocycles. The Hall–Kier alpha value is -0.650. The Morgan fingerprint density at radius 1 is 1.55 bits per heavy atom. The maximum Gasteiger partial charge on any atom is 0.201 e. The quantitative estimate of drug-likeness (QED) is 0.695. The highest BCUT2D eigenvalue weighted by molar-refractivity contribution is 7.13. The van der Waals surface area contributed by atoms with Crippen molar-refractivity contribution >= 4 is 16.5 Å². The van der Waals surface area contributed by atoms with Gasteiger partial charge in [-0.05, 0) is 0 Å². The summed E-state index contributed by atoms with van der Waals surface area (Å²) in [6, 6.07) is 0. The van der Waals surface area contributed by atoms with E-state index in [1.54, 1.807) is 14.2 Å². The van der Waals surface area contributed by atoms with Gasteiger partial charge in [0.1, 0.15) is 5.69 Å². The number of hydrogen-bond donors (Lipinski definition) is 1. The van der Waals surface area contributed by atoms with Crippen LogP contribution in [-0.4, -0.2) is 19.2 Å². The minimum Gasteiger partial charge on any atom is -0.375 e. The number of nitrogens with two attached hydrogens (primary N) is 1. The summed E-state index contributed by atoms with van der Waals surface area (Å²) in [6.45, 7) is 0. The van der Waals surface area contributed by atoms with Crippen LogP contribution in [0.5, 0.6) is 0 Å². The van der Waals surface area contributed by atoms with E-state index in [1.807, 2.05) is 5.38 Å². The lowest BCUT2D eigenvalue weighted by Crippen LogP contribution is -2.03. The molecule has 1 aromatic rings. The average Bonchev–Trinajstić information content (AvgIpc) is 2.39. The molecule has 0 saturated heterocycles. The molecule has 4 nitrogen and oxygen atoms in total. The first-order chi connectivity index (χ1) is 5.27. The average molecular weight is 174 g/mol. The maximum atomic E-state index is 5.42. The predicted octanol–water partition coefficient (Wildman–Crippen LogP) is 1.02. The SMILES string of the molecule is COC(OC)c1csc(N)n1. The molecule has 0 unspecified atom stereocenters. The highest BCUT2D eigenvalue weighted by Crippen LogP contribution is 2.20. The van der Waals surface area contributed by atoms with E-state index in [0.717, 1.165) is 5.69 Å². The molecule has 0 bridgehead atoms. The molecule has 0 aliphatic rings. The largest absolute Gasteiger partial charge is 0.375 e. The first-order valence-corrected chi connectivity index (χ1v) is 3.92. The summed E-state index contributed by atoms with van der Waals surface area (Å²) in [6.07, 6.45) is -0.399. The van der Waals surface area contributed by atoms with E-state index in [-0.39, 0.29) is 0 Å². The van der Waals surface area contributed by atoms with Gasteiger partial charge in [-0.2, -0.15) is 0 Å². The zero-order valence-corrected chi connectivity index (χ0v) is 7.22. The molecular weight excluding hydrogens is 164 g/mol. The number of ether oxygens (including phenoxy) is 2. The molecule has 1 heterocycles. The Morgan fingerprint density at radius 3 is 2.55 bits per heavy atom. The summed E-state index contributed by atoms with van der Waals surface area (Å²) in [5, 5.41) is 2.34. The highest BCUT2D eigenvalue weighted by atomic mass is 32.1. The second-order valence-electron chi connectivity index (χ2n) is 1.91. The summed E-state index contributed by atoms with van der Waals surface area (Å²) in [4.78, 5) is 4.00. The summed E-state index contributed by atoms with van der Waals surface area (Å²) >= 11 is 1.37. The smallest absolute Gasteiger partial charge is 0.201 e. The zero-order valence-electron chi connectivity index (χ0n) is 6.40. The first-order valence-electron chi connectivity index (χ1n) is 3.04. The number of anilines is 1. The summed E-state index contributed by atoms with van der Waals surface area (Å²) < 4.78 is 9.93. The highest BCUT2D eigenvalue weighted by Gasteiger charge is 2.11. The molecule has 0 amide bonds. The predicted molar refractivity (Wildman–Crippen MR) is 43.3 cm³/mol. The van der Waals surface area contributed by atoms with Crippen LogP contribution in [0.25, 0.3) is 0 Å². The van der Waals surface area contributed by atoms with Crippen molar-refractivity contribution in [1.82, 2.24) is 4.98 Å². The monoisotopic (exact) mass is 174 g/mol. The number of thiazole rings is 1. The molecule has 0 fully saturated rings. The van der Waals surface area contributed by atoms with Gasteiger partial charge >= 0.3 is 0 Å². The van der Waals surface area contributed by atoms with Crippen molar-refractivity contribution < 1.29 is 9.47 Å². The molecule has 0 radical (unpaired) electrons. The van der Waals surface area contributed by atoms with Crippen LogP contribution in [0.3, 0.4) is 0 Å². The van der Waals surface area contributed by atoms with E-state index in [2.05, 4.69) is 4.98 Å². The number of hydrogen-bond acceptors (Lipinski definition) is 5. The zero-order chi connectivity index (χ0) is 8.27. The lowest BCUT2D eigenvalue weighted by molar-refractivity contribution is -0.108. The third-order valence-electron chi connectivity index (χ3n) is 1.21. The van der Waals surface area contributed by atoms with Crippen molar-refractivity contribution in [3.63, 3.8) is 0 Å². The second kappa shape index (κ2) is 3.66. The molecule has 0 saturated carbocycles. The van der Waals surface area contributed by atoms with E-state index in [9.17, 15) is 0 Å². The van der Waals surface area contributed by atoms with Gasteiger partial charge in [0.2, 0.25) is 6.29 Å². The van der Waals surface area contributed by atoms with Crippen LogP contribution in [0.4, 0.5) is 5.13 Å². The topological polar surface area (TPSA) is 57.4 Å². The summed E-state index contributed by atoms with van der Waals surface area (Å²) in [5.74, 6) is 0. The Kier molecular flexibility index (Phi) is 2.81. The third kappa shape index (κ3) is 1.89. The number of aromatic nitrogens is 1. The van der Waals surface area contributed by atoms with Crippen LogP contribution in [0.2, 0.25) is 0 Å². The maximum absolute atomic E-state index is 5.42. The Labute approximate surface area is 69.0 Å². The molecule has 11 heavy (non-hydrogen) atoms. The van der Waals surface area contributed by atoms with E-state index in [4.69, 9.17) is 15.2 Å². The number of nitrogen functional groups attached to an aromatic ring is 1. The fraction of sp³-hybridized carbons (Fsp3) is 0.500. The van der Waals surface area contributed by atoms with Gasteiger partial charge in [0.15, 0.2) is 5.13 Å². The van der Waals surface area contributed by atoms with Gasteiger partial charge in [-0.15, -0.1) is 11.3 Å². The number of methoxy groups -OCH3 is 2. The molecule has 5 heteroatoms. The molecule has 0 spiro atoms. The molecule has 0 aromatic carbocycles. The van der Waals surface area contributed by atoms with Gasteiger partial charge in [0.05, 0.1) is 0 Å². The van der Waals surface area contributed by atoms with E-state index in [0.29, 0.717) is 5.13 Å². The number of nitrogens with zero attached hydrogens (tertiary/aromatic N) is 1. The minimum atomic E-state index is -0.399. The number of rotatable bonds is 3. The molecule has 0 aliphatic carbocycles. The van der Waals surface area contributed by atoms with Crippen LogP contribution in [0, 0.1) is 0 Å². The molecule has 2 N–H and O–H groups in total. The van der Waals surface area contributed by atoms with Crippen LogP contribution < -0.4 is 5.73 Å². The van der Waals surface area contributed by atoms with Crippen LogP contribution in [0.15, 0.2) is 5.38 Å². The molecular formula is C6H10N2O2S. The molecule has 62 valence electrons. The van der Waals surface area contributed by atoms with Crippen LogP contribution >= 0.6 is 11.3 Å². The van der Waals surface area contributed by atoms with E-state index in [1.165, 1.54) is 11.3 Å². The molecule has 0 aliphatic heterocycles. The fourth-order valence-corrected chi connectivity index (χ4v) is 1.31.